The second kappa shape index (κ2) is 6.93. The molecule has 21 heavy (non-hydrogen) atoms. The molecule has 0 aromatic carbocycles. The van der Waals surface area contributed by atoms with Crippen molar-refractivity contribution in [3.63, 3.8) is 0 Å². The van der Waals surface area contributed by atoms with Crippen LogP contribution in [0.2, 0.25) is 19.6 Å². The van der Waals surface area contributed by atoms with Crippen LogP contribution in [0.5, 0.6) is 0 Å². The van der Waals surface area contributed by atoms with Crippen molar-refractivity contribution in [1.29, 1.82) is 0 Å². The molecule has 1 aromatic heterocycles. The van der Waals surface area contributed by atoms with Gasteiger partial charge in [0.1, 0.15) is 8.07 Å². The van der Waals surface area contributed by atoms with E-state index in [2.05, 4.69) is 58.5 Å². The van der Waals surface area contributed by atoms with Crippen molar-refractivity contribution in [2.24, 2.45) is 0 Å². The molecule has 1 aliphatic heterocycles. The van der Waals surface area contributed by atoms with Crippen LogP contribution in [-0.4, -0.2) is 50.7 Å². The highest BCUT2D eigenvalue weighted by atomic mass is 28.3. The summed E-state index contributed by atoms with van der Waals surface area (Å²) in [6.07, 6.45) is 5.79. The Morgan fingerprint density at radius 1 is 1.24 bits per heavy atom. The van der Waals surface area contributed by atoms with Crippen LogP contribution >= 0.6 is 0 Å². The van der Waals surface area contributed by atoms with Crippen molar-refractivity contribution in [3.05, 3.63) is 36.7 Å². The van der Waals surface area contributed by atoms with Crippen LogP contribution in [0.1, 0.15) is 5.56 Å². The maximum Gasteiger partial charge on any atom is 0.129 e. The zero-order valence-corrected chi connectivity index (χ0v) is 14.4. The Kier molecular flexibility index (Phi) is 5.21. The fourth-order valence-corrected chi connectivity index (χ4v) is 2.82. The third-order valence-corrected chi connectivity index (χ3v) is 4.31. The Morgan fingerprint density at radius 2 is 1.95 bits per heavy atom. The van der Waals surface area contributed by atoms with Gasteiger partial charge in [0.05, 0.1) is 11.9 Å². The van der Waals surface area contributed by atoms with Crippen LogP contribution in [0.4, 0.5) is 5.69 Å². The predicted molar refractivity (Wildman–Crippen MR) is 93.3 cm³/mol. The highest BCUT2D eigenvalue weighted by Crippen LogP contribution is 2.16. The number of hydrogen-bond donors (Lipinski definition) is 0. The minimum absolute atomic E-state index is 0.980. The lowest BCUT2D eigenvalue weighted by Gasteiger charge is -2.35. The quantitative estimate of drug-likeness (QED) is 0.486. The Labute approximate surface area is 129 Å². The normalized spacial score (nSPS) is 16.2. The molecule has 2 heterocycles. The van der Waals surface area contributed by atoms with Crippen molar-refractivity contribution < 1.29 is 0 Å². The van der Waals surface area contributed by atoms with Gasteiger partial charge in [-0.05, 0) is 6.07 Å². The molecule has 0 amide bonds. The predicted octanol–water partition coefficient (Wildman–Crippen LogP) is 2.62. The Balaban J connectivity index is 2.04. The molecule has 1 aromatic rings. The Morgan fingerprint density at radius 3 is 2.57 bits per heavy atom. The Hall–Kier alpha value is -1.57. The molecule has 0 unspecified atom stereocenters. The molecular weight excluding hydrogens is 274 g/mol. The zero-order valence-electron chi connectivity index (χ0n) is 13.4. The van der Waals surface area contributed by atoms with Crippen LogP contribution in [-0.2, 0) is 0 Å². The van der Waals surface area contributed by atoms with Crippen LogP contribution in [0.25, 0.3) is 0 Å². The lowest BCUT2D eigenvalue weighted by Crippen LogP contribution is -2.46. The van der Waals surface area contributed by atoms with Gasteiger partial charge in [0.2, 0.25) is 0 Å². The van der Waals surface area contributed by atoms with Crippen LogP contribution in [0.15, 0.2) is 31.1 Å². The highest BCUT2D eigenvalue weighted by Gasteiger charge is 2.16. The summed E-state index contributed by atoms with van der Waals surface area (Å²) < 4.78 is 0. The van der Waals surface area contributed by atoms with E-state index in [4.69, 9.17) is 0 Å². The molecule has 112 valence electrons. The average molecular weight is 299 g/mol. The smallest absolute Gasteiger partial charge is 0.129 e. The van der Waals surface area contributed by atoms with Crippen molar-refractivity contribution >= 4 is 13.8 Å². The van der Waals surface area contributed by atoms with Crippen molar-refractivity contribution in [2.45, 2.75) is 19.6 Å². The third-order valence-electron chi connectivity index (χ3n) is 3.43. The van der Waals surface area contributed by atoms with Crippen LogP contribution in [0, 0.1) is 11.5 Å². The molecule has 0 saturated carbocycles. The maximum absolute atomic E-state index is 4.36. The summed E-state index contributed by atoms with van der Waals surface area (Å²) in [5.41, 5.74) is 5.62. The first-order valence-corrected chi connectivity index (χ1v) is 11.0. The molecule has 1 saturated heterocycles. The van der Waals surface area contributed by atoms with Gasteiger partial charge in [-0.25, -0.2) is 0 Å². The molecule has 3 nitrogen and oxygen atoms in total. The average Bonchev–Trinajstić information content (AvgIpc) is 2.46. The number of nitrogens with zero attached hydrogens (tertiary/aromatic N) is 3. The lowest BCUT2D eigenvalue weighted by molar-refractivity contribution is 0.284. The van der Waals surface area contributed by atoms with Crippen LogP contribution < -0.4 is 4.90 Å². The third kappa shape index (κ3) is 5.03. The zero-order chi connectivity index (χ0) is 15.3. The summed E-state index contributed by atoms with van der Waals surface area (Å²) >= 11 is 0. The first-order valence-electron chi connectivity index (χ1n) is 7.54. The first-order chi connectivity index (χ1) is 9.98. The first kappa shape index (κ1) is 15.8. The van der Waals surface area contributed by atoms with Gasteiger partial charge in [-0.2, -0.15) is 0 Å². The largest absolute Gasteiger partial charge is 0.368 e. The van der Waals surface area contributed by atoms with E-state index in [1.807, 2.05) is 18.5 Å². The van der Waals surface area contributed by atoms with Crippen molar-refractivity contribution in [1.82, 2.24) is 9.88 Å². The summed E-state index contributed by atoms with van der Waals surface area (Å²) in [7, 11) is -1.33. The summed E-state index contributed by atoms with van der Waals surface area (Å²) in [4.78, 5) is 9.17. The molecule has 2 rings (SSSR count). The van der Waals surface area contributed by atoms with E-state index in [0.29, 0.717) is 0 Å². The van der Waals surface area contributed by atoms with Crippen LogP contribution in [0.3, 0.4) is 0 Å². The summed E-state index contributed by atoms with van der Waals surface area (Å²) in [5, 5.41) is 0. The molecule has 4 heteroatoms. The molecular formula is C17H25N3Si. The van der Waals surface area contributed by atoms with Gasteiger partial charge in [0.25, 0.3) is 0 Å². The molecule has 0 N–H and O–H groups in total. The lowest BCUT2D eigenvalue weighted by atomic mass is 10.2. The van der Waals surface area contributed by atoms with Crippen molar-refractivity contribution in [2.75, 3.05) is 37.6 Å². The van der Waals surface area contributed by atoms with Gasteiger partial charge in [-0.3, -0.25) is 9.88 Å². The minimum atomic E-state index is -1.33. The standard InChI is InChI=1S/C17H25N3Si/c1-5-7-19-8-10-20(11-9-19)17-13-16(14-18-15-17)6-12-21(2,3)4/h5,13-15H,1,7-11H2,2-4H3. The molecule has 1 aliphatic rings. The number of piperazine rings is 1. The van der Waals surface area contributed by atoms with E-state index in [-0.39, 0.29) is 0 Å². The van der Waals surface area contributed by atoms with E-state index >= 15 is 0 Å². The molecule has 1 fully saturated rings. The minimum Gasteiger partial charge on any atom is -0.368 e. The molecule has 0 aliphatic carbocycles. The number of aromatic nitrogens is 1. The summed E-state index contributed by atoms with van der Waals surface area (Å²) in [6.45, 7) is 15.8. The van der Waals surface area contributed by atoms with Gasteiger partial charge in [-0.1, -0.05) is 31.6 Å². The highest BCUT2D eigenvalue weighted by molar-refractivity contribution is 6.83. The van der Waals surface area contributed by atoms with Gasteiger partial charge in [0, 0.05) is 44.5 Å². The second-order valence-electron chi connectivity index (χ2n) is 6.51. The van der Waals surface area contributed by atoms with Gasteiger partial charge in [0.15, 0.2) is 0 Å². The Bertz CT molecular complexity index is 543. The van der Waals surface area contributed by atoms with Crippen molar-refractivity contribution in [3.8, 4) is 11.5 Å². The maximum atomic E-state index is 4.36. The van der Waals surface area contributed by atoms with Gasteiger partial charge >= 0.3 is 0 Å². The van der Waals surface area contributed by atoms with E-state index in [1.165, 1.54) is 5.69 Å². The number of pyridine rings is 1. The molecule has 0 bridgehead atoms. The number of anilines is 1. The topological polar surface area (TPSA) is 19.4 Å². The van der Waals surface area contributed by atoms with E-state index in [0.717, 1.165) is 38.3 Å². The summed E-state index contributed by atoms with van der Waals surface area (Å²) in [5.74, 6) is 3.29. The monoisotopic (exact) mass is 299 g/mol. The number of hydrogen-bond acceptors (Lipinski definition) is 3. The summed E-state index contributed by atoms with van der Waals surface area (Å²) in [6, 6.07) is 2.17. The molecule has 0 radical (unpaired) electrons. The molecule has 0 atom stereocenters. The SMILES string of the molecule is C=CCN1CCN(c2cncc(C#C[Si](C)(C)C)c2)CC1. The fourth-order valence-electron chi connectivity index (χ4n) is 2.30. The fraction of sp³-hybridized carbons (Fsp3) is 0.471. The van der Waals surface area contributed by atoms with Gasteiger partial charge < -0.3 is 4.90 Å². The van der Waals surface area contributed by atoms with E-state index in [1.54, 1.807) is 0 Å². The number of rotatable bonds is 3. The van der Waals surface area contributed by atoms with E-state index in [9.17, 15) is 0 Å². The van der Waals surface area contributed by atoms with E-state index < -0.39 is 8.07 Å². The second-order valence-corrected chi connectivity index (χ2v) is 11.3. The molecule has 0 spiro atoms. The van der Waals surface area contributed by atoms with Gasteiger partial charge in [-0.15, -0.1) is 12.1 Å².